The zero-order chi connectivity index (χ0) is 15.3. The number of ketones is 2. The molecule has 0 bridgehead atoms. The van der Waals surface area contributed by atoms with Gasteiger partial charge in [0.1, 0.15) is 0 Å². The Morgan fingerprint density at radius 2 is 1.85 bits per heavy atom. The summed E-state index contributed by atoms with van der Waals surface area (Å²) in [6.07, 6.45) is 1.86. The van der Waals surface area contributed by atoms with Crippen LogP contribution >= 0.6 is 23.2 Å². The number of Topliss-reactive ketones (excluding diaryl/α,β-unsaturated/α-hetero) is 2. The minimum atomic E-state index is -0.250. The Hall–Kier alpha value is -1.16. The molecule has 0 radical (unpaired) electrons. The van der Waals surface area contributed by atoms with Crippen molar-refractivity contribution in [2.75, 3.05) is 20.6 Å². The van der Waals surface area contributed by atoms with E-state index in [0.29, 0.717) is 28.6 Å². The van der Waals surface area contributed by atoms with Gasteiger partial charge in [0.2, 0.25) is 0 Å². The zero-order valence-electron chi connectivity index (χ0n) is 11.7. The zero-order valence-corrected chi connectivity index (χ0v) is 13.3. The fourth-order valence-electron chi connectivity index (χ4n) is 1.61. The first kappa shape index (κ1) is 16.9. The van der Waals surface area contributed by atoms with Crippen LogP contribution in [-0.4, -0.2) is 37.1 Å². The fraction of sp³-hybridized carbons (Fsp3) is 0.333. The van der Waals surface area contributed by atoms with E-state index in [0.717, 1.165) is 0 Å². The Balaban J connectivity index is 3.00. The van der Waals surface area contributed by atoms with E-state index in [1.54, 1.807) is 24.3 Å². The molecular formula is C15H17Cl2NO2. The van der Waals surface area contributed by atoms with Gasteiger partial charge in [0, 0.05) is 13.0 Å². The van der Waals surface area contributed by atoms with Crippen molar-refractivity contribution in [1.82, 2.24) is 4.90 Å². The molecule has 0 saturated carbocycles. The average Bonchev–Trinajstić information content (AvgIpc) is 2.36. The molecule has 0 aromatic heterocycles. The fourth-order valence-corrected chi connectivity index (χ4v) is 1.91. The van der Waals surface area contributed by atoms with E-state index < -0.39 is 0 Å². The number of halogens is 2. The Morgan fingerprint density at radius 3 is 2.35 bits per heavy atom. The van der Waals surface area contributed by atoms with Gasteiger partial charge in [-0.25, -0.2) is 0 Å². The monoisotopic (exact) mass is 313 g/mol. The van der Waals surface area contributed by atoms with Gasteiger partial charge in [-0.1, -0.05) is 29.3 Å². The average molecular weight is 314 g/mol. The molecule has 0 N–H and O–H groups in total. The van der Waals surface area contributed by atoms with Crippen LogP contribution in [0.15, 0.2) is 23.8 Å². The standard InChI is InChI=1S/C15H17Cl2NO2/c1-10(19)12(15(20)6-7-18(2)3)8-11-4-5-13(16)14(17)9-11/h4-5,8-9H,6-7H2,1-3H3. The van der Waals surface area contributed by atoms with Gasteiger partial charge in [0.25, 0.3) is 0 Å². The Labute approximate surface area is 129 Å². The number of rotatable bonds is 6. The lowest BCUT2D eigenvalue weighted by Gasteiger charge is -2.09. The molecule has 108 valence electrons. The number of hydrogen-bond donors (Lipinski definition) is 0. The second-order valence-electron chi connectivity index (χ2n) is 4.76. The Bertz CT molecular complexity index is 551. The van der Waals surface area contributed by atoms with Crippen molar-refractivity contribution in [2.24, 2.45) is 0 Å². The Kier molecular flexibility index (Phi) is 6.40. The van der Waals surface area contributed by atoms with Crippen molar-refractivity contribution in [2.45, 2.75) is 13.3 Å². The molecule has 1 aromatic carbocycles. The Morgan fingerprint density at radius 1 is 1.20 bits per heavy atom. The molecule has 5 heteroatoms. The minimum Gasteiger partial charge on any atom is -0.309 e. The summed E-state index contributed by atoms with van der Waals surface area (Å²) in [6, 6.07) is 4.99. The van der Waals surface area contributed by atoms with Gasteiger partial charge >= 0.3 is 0 Å². The lowest BCUT2D eigenvalue weighted by Crippen LogP contribution is -2.19. The lowest BCUT2D eigenvalue weighted by atomic mass is 10.0. The highest BCUT2D eigenvalue weighted by Crippen LogP contribution is 2.24. The van der Waals surface area contributed by atoms with Crippen LogP contribution < -0.4 is 0 Å². The van der Waals surface area contributed by atoms with Crippen LogP contribution in [0.5, 0.6) is 0 Å². The SMILES string of the molecule is CC(=O)C(=Cc1ccc(Cl)c(Cl)c1)C(=O)CCN(C)C. The van der Waals surface area contributed by atoms with Gasteiger partial charge in [0.05, 0.1) is 15.6 Å². The molecule has 1 rings (SSSR count). The molecule has 0 fully saturated rings. The second kappa shape index (κ2) is 7.58. The first-order valence-corrected chi connectivity index (χ1v) is 6.92. The molecule has 0 saturated heterocycles. The third kappa shape index (κ3) is 5.08. The van der Waals surface area contributed by atoms with E-state index >= 15 is 0 Å². The van der Waals surface area contributed by atoms with Crippen molar-refractivity contribution in [1.29, 1.82) is 0 Å². The maximum Gasteiger partial charge on any atom is 0.167 e. The largest absolute Gasteiger partial charge is 0.309 e. The van der Waals surface area contributed by atoms with E-state index in [1.807, 2.05) is 19.0 Å². The van der Waals surface area contributed by atoms with Crippen LogP contribution in [0.1, 0.15) is 18.9 Å². The van der Waals surface area contributed by atoms with Gasteiger partial charge in [-0.2, -0.15) is 0 Å². The quantitative estimate of drug-likeness (QED) is 0.458. The molecule has 0 aliphatic carbocycles. The molecule has 0 unspecified atom stereocenters. The molecule has 0 spiro atoms. The van der Waals surface area contributed by atoms with Crippen molar-refractivity contribution >= 4 is 40.8 Å². The minimum absolute atomic E-state index is 0.169. The first-order valence-electron chi connectivity index (χ1n) is 6.17. The molecule has 0 heterocycles. The van der Waals surface area contributed by atoms with Crippen molar-refractivity contribution < 1.29 is 9.59 Å². The molecule has 0 amide bonds. The molecule has 1 aromatic rings. The third-order valence-electron chi connectivity index (χ3n) is 2.72. The summed E-state index contributed by atoms with van der Waals surface area (Å²) < 4.78 is 0. The summed E-state index contributed by atoms with van der Waals surface area (Å²) in [5.74, 6) is -0.419. The molecule has 0 atom stereocenters. The maximum absolute atomic E-state index is 12.1. The maximum atomic E-state index is 12.1. The normalized spacial score (nSPS) is 11.8. The molecule has 0 aliphatic heterocycles. The molecule has 0 aliphatic rings. The summed E-state index contributed by atoms with van der Waals surface area (Å²) in [7, 11) is 3.76. The van der Waals surface area contributed by atoms with Gasteiger partial charge in [-0.05, 0) is 44.8 Å². The van der Waals surface area contributed by atoms with Crippen LogP contribution in [0.3, 0.4) is 0 Å². The van der Waals surface area contributed by atoms with Crippen molar-refractivity contribution in [3.8, 4) is 0 Å². The van der Waals surface area contributed by atoms with E-state index in [1.165, 1.54) is 6.92 Å². The van der Waals surface area contributed by atoms with Crippen LogP contribution in [0.25, 0.3) is 6.08 Å². The summed E-state index contributed by atoms with van der Waals surface area (Å²) in [5, 5.41) is 0.830. The predicted molar refractivity (Wildman–Crippen MR) is 83.3 cm³/mol. The van der Waals surface area contributed by atoms with E-state index in [2.05, 4.69) is 0 Å². The first-order chi connectivity index (χ1) is 9.31. The number of benzene rings is 1. The summed E-state index contributed by atoms with van der Waals surface area (Å²) in [4.78, 5) is 25.6. The molecule has 20 heavy (non-hydrogen) atoms. The van der Waals surface area contributed by atoms with Crippen LogP contribution in [-0.2, 0) is 9.59 Å². The van der Waals surface area contributed by atoms with E-state index in [-0.39, 0.29) is 17.1 Å². The van der Waals surface area contributed by atoms with Gasteiger partial charge in [0.15, 0.2) is 11.6 Å². The van der Waals surface area contributed by atoms with Crippen LogP contribution in [0.4, 0.5) is 0 Å². The summed E-state index contributed by atoms with van der Waals surface area (Å²) >= 11 is 11.8. The number of carbonyl (C=O) groups excluding carboxylic acids is 2. The van der Waals surface area contributed by atoms with E-state index in [4.69, 9.17) is 23.2 Å². The van der Waals surface area contributed by atoms with Gasteiger partial charge in [-0.3, -0.25) is 9.59 Å². The summed E-state index contributed by atoms with van der Waals surface area (Å²) in [6.45, 7) is 1.99. The number of carbonyl (C=O) groups is 2. The highest BCUT2D eigenvalue weighted by molar-refractivity contribution is 6.42. The molecule has 3 nitrogen and oxygen atoms in total. The van der Waals surface area contributed by atoms with Gasteiger partial charge < -0.3 is 4.90 Å². The highest BCUT2D eigenvalue weighted by Gasteiger charge is 2.14. The van der Waals surface area contributed by atoms with Gasteiger partial charge in [-0.15, -0.1) is 0 Å². The predicted octanol–water partition coefficient (Wildman–Crippen LogP) is 3.49. The van der Waals surface area contributed by atoms with Crippen molar-refractivity contribution in [3.63, 3.8) is 0 Å². The van der Waals surface area contributed by atoms with E-state index in [9.17, 15) is 9.59 Å². The summed E-state index contributed by atoms with van der Waals surface area (Å²) in [5.41, 5.74) is 0.869. The molecular weight excluding hydrogens is 297 g/mol. The second-order valence-corrected chi connectivity index (χ2v) is 5.58. The third-order valence-corrected chi connectivity index (χ3v) is 3.46. The highest BCUT2D eigenvalue weighted by atomic mass is 35.5. The number of allylic oxidation sites excluding steroid dienone is 1. The number of hydrogen-bond acceptors (Lipinski definition) is 3. The van der Waals surface area contributed by atoms with Crippen LogP contribution in [0, 0.1) is 0 Å². The lowest BCUT2D eigenvalue weighted by molar-refractivity contribution is -0.120. The topological polar surface area (TPSA) is 37.4 Å². The van der Waals surface area contributed by atoms with Crippen LogP contribution in [0.2, 0.25) is 10.0 Å². The van der Waals surface area contributed by atoms with Crippen molar-refractivity contribution in [3.05, 3.63) is 39.4 Å². The smallest absolute Gasteiger partial charge is 0.167 e. The number of nitrogens with zero attached hydrogens (tertiary/aromatic N) is 1.